The van der Waals surface area contributed by atoms with E-state index in [1.54, 1.807) is 0 Å². The smallest absolute Gasteiger partial charge is 0.0747 e. The summed E-state index contributed by atoms with van der Waals surface area (Å²) in [5.74, 6) is 0. The molecular weight excluding hydrogens is 182 g/mol. The molecule has 0 aromatic rings. The molecule has 0 bridgehead atoms. The van der Waals surface area contributed by atoms with Crippen LogP contribution in [0, 0.1) is 0 Å². The molecule has 1 aliphatic rings. The number of rotatable bonds is 2. The van der Waals surface area contributed by atoms with Crippen LogP contribution in [0.15, 0.2) is 0 Å². The summed E-state index contributed by atoms with van der Waals surface area (Å²) in [6, 6.07) is 0.614. The van der Waals surface area contributed by atoms with Gasteiger partial charge in [-0.05, 0) is 39.9 Å². The summed E-state index contributed by atoms with van der Waals surface area (Å²) in [5.41, 5.74) is -0.476. The molecule has 13 heavy (non-hydrogen) atoms. The standard InChI is InChI=1S/C10H21NOS/c1-8-5-6-10(3,12)7-11(8)9(2)13-4/h8-9,12H,5-7H2,1-4H3/t8-,9?,10-/m1/s1. The predicted molar refractivity (Wildman–Crippen MR) is 59.0 cm³/mol. The second kappa shape index (κ2) is 4.20. The fourth-order valence-corrected chi connectivity index (χ4v) is 2.49. The Kier molecular flexibility index (Phi) is 3.66. The lowest BCUT2D eigenvalue weighted by atomic mass is 9.91. The largest absolute Gasteiger partial charge is 0.389 e. The molecule has 0 amide bonds. The van der Waals surface area contributed by atoms with Crippen LogP contribution in [0.4, 0.5) is 0 Å². The average molecular weight is 203 g/mol. The SMILES string of the molecule is CSC(C)N1C[C@](C)(O)CC[C@H]1C. The Balaban J connectivity index is 2.60. The number of aliphatic hydroxyl groups is 1. The highest BCUT2D eigenvalue weighted by Crippen LogP contribution is 2.28. The molecule has 3 heteroatoms. The predicted octanol–water partition coefficient (Wildman–Crippen LogP) is 1.93. The zero-order valence-corrected chi connectivity index (χ0v) is 9.90. The lowest BCUT2D eigenvalue weighted by Crippen LogP contribution is -2.52. The van der Waals surface area contributed by atoms with Crippen LogP contribution in [0.25, 0.3) is 0 Å². The summed E-state index contributed by atoms with van der Waals surface area (Å²) in [6.07, 6.45) is 4.17. The molecule has 78 valence electrons. The molecule has 1 unspecified atom stereocenters. The molecule has 0 spiro atoms. The van der Waals surface area contributed by atoms with Crippen molar-refractivity contribution in [1.29, 1.82) is 0 Å². The van der Waals surface area contributed by atoms with Gasteiger partial charge in [0.1, 0.15) is 0 Å². The number of piperidine rings is 1. The maximum absolute atomic E-state index is 9.96. The van der Waals surface area contributed by atoms with Crippen molar-refractivity contribution < 1.29 is 5.11 Å². The summed E-state index contributed by atoms with van der Waals surface area (Å²) < 4.78 is 0. The van der Waals surface area contributed by atoms with Gasteiger partial charge in [0.25, 0.3) is 0 Å². The summed E-state index contributed by atoms with van der Waals surface area (Å²) >= 11 is 1.85. The van der Waals surface area contributed by atoms with Gasteiger partial charge in [0, 0.05) is 12.6 Å². The van der Waals surface area contributed by atoms with Crippen LogP contribution in [-0.4, -0.2) is 39.8 Å². The normalized spacial score (nSPS) is 39.0. The molecule has 0 saturated carbocycles. The van der Waals surface area contributed by atoms with Gasteiger partial charge in [-0.2, -0.15) is 0 Å². The number of hydrogen-bond acceptors (Lipinski definition) is 3. The van der Waals surface area contributed by atoms with E-state index in [-0.39, 0.29) is 0 Å². The minimum atomic E-state index is -0.476. The third-order valence-corrected chi connectivity index (χ3v) is 3.95. The lowest BCUT2D eigenvalue weighted by molar-refractivity contribution is -0.0373. The molecule has 1 heterocycles. The Morgan fingerprint density at radius 1 is 1.62 bits per heavy atom. The van der Waals surface area contributed by atoms with Crippen molar-refractivity contribution >= 4 is 11.8 Å². The maximum atomic E-state index is 9.96. The van der Waals surface area contributed by atoms with E-state index in [0.717, 1.165) is 19.4 Å². The Labute approximate surface area is 85.7 Å². The van der Waals surface area contributed by atoms with Gasteiger partial charge >= 0.3 is 0 Å². The first-order valence-corrected chi connectivity index (χ1v) is 6.26. The van der Waals surface area contributed by atoms with Crippen LogP contribution in [0.2, 0.25) is 0 Å². The summed E-state index contributed by atoms with van der Waals surface area (Å²) in [4.78, 5) is 2.40. The van der Waals surface area contributed by atoms with Crippen LogP contribution < -0.4 is 0 Å². The van der Waals surface area contributed by atoms with Crippen molar-refractivity contribution in [1.82, 2.24) is 4.90 Å². The van der Waals surface area contributed by atoms with Gasteiger partial charge in [-0.25, -0.2) is 0 Å². The molecule has 3 atom stereocenters. The Bertz CT molecular complexity index is 168. The van der Waals surface area contributed by atoms with E-state index < -0.39 is 5.60 Å². The second-order valence-corrected chi connectivity index (χ2v) is 5.55. The highest BCUT2D eigenvalue weighted by molar-refractivity contribution is 7.99. The molecule has 1 saturated heterocycles. The number of nitrogens with zero attached hydrogens (tertiary/aromatic N) is 1. The van der Waals surface area contributed by atoms with E-state index in [1.807, 2.05) is 18.7 Å². The van der Waals surface area contributed by atoms with E-state index >= 15 is 0 Å². The minimum absolute atomic E-state index is 0.476. The van der Waals surface area contributed by atoms with Gasteiger partial charge in [-0.15, -0.1) is 11.8 Å². The zero-order valence-electron chi connectivity index (χ0n) is 9.08. The van der Waals surface area contributed by atoms with Crippen LogP contribution in [0.3, 0.4) is 0 Å². The summed E-state index contributed by atoms with van der Waals surface area (Å²) in [6.45, 7) is 7.22. The molecule has 0 aliphatic carbocycles. The fraction of sp³-hybridized carbons (Fsp3) is 1.00. The first-order valence-electron chi connectivity index (χ1n) is 4.97. The van der Waals surface area contributed by atoms with E-state index in [1.165, 1.54) is 0 Å². The van der Waals surface area contributed by atoms with Gasteiger partial charge in [-0.3, -0.25) is 4.90 Å². The molecule has 0 aromatic heterocycles. The number of β-amino-alcohol motifs (C(OH)–C–C–N with tert-alkyl or cyclic N) is 1. The van der Waals surface area contributed by atoms with Gasteiger partial charge in [0.2, 0.25) is 0 Å². The zero-order chi connectivity index (χ0) is 10.1. The van der Waals surface area contributed by atoms with Crippen molar-refractivity contribution in [3.63, 3.8) is 0 Å². The van der Waals surface area contributed by atoms with Crippen molar-refractivity contribution in [2.75, 3.05) is 12.8 Å². The number of thioether (sulfide) groups is 1. The van der Waals surface area contributed by atoms with Gasteiger partial charge in [-0.1, -0.05) is 0 Å². The average Bonchev–Trinajstić information content (AvgIpc) is 2.08. The van der Waals surface area contributed by atoms with Crippen LogP contribution in [0.5, 0.6) is 0 Å². The van der Waals surface area contributed by atoms with Crippen molar-refractivity contribution in [3.05, 3.63) is 0 Å². The molecule has 1 N–H and O–H groups in total. The van der Waals surface area contributed by atoms with Crippen LogP contribution in [-0.2, 0) is 0 Å². The highest BCUT2D eigenvalue weighted by atomic mass is 32.2. The summed E-state index contributed by atoms with van der Waals surface area (Å²) in [7, 11) is 0. The monoisotopic (exact) mass is 203 g/mol. The fourth-order valence-electron chi connectivity index (χ4n) is 1.94. The number of likely N-dealkylation sites (tertiary alicyclic amines) is 1. The number of hydrogen-bond donors (Lipinski definition) is 1. The summed E-state index contributed by atoms with van der Waals surface area (Å²) in [5, 5.41) is 10.5. The molecule has 2 nitrogen and oxygen atoms in total. The Morgan fingerprint density at radius 2 is 2.23 bits per heavy atom. The molecule has 0 radical (unpaired) electrons. The van der Waals surface area contributed by atoms with E-state index in [0.29, 0.717) is 11.4 Å². The Hall–Kier alpha value is 0.270. The topological polar surface area (TPSA) is 23.5 Å². The minimum Gasteiger partial charge on any atom is -0.389 e. The molecule has 0 aromatic carbocycles. The molecule has 1 fully saturated rings. The first-order chi connectivity index (χ1) is 5.96. The molecular formula is C10H21NOS. The van der Waals surface area contributed by atoms with E-state index in [4.69, 9.17) is 0 Å². The third kappa shape index (κ3) is 2.86. The second-order valence-electron chi connectivity index (χ2n) is 4.39. The maximum Gasteiger partial charge on any atom is 0.0747 e. The van der Waals surface area contributed by atoms with Crippen molar-refractivity contribution in [3.8, 4) is 0 Å². The van der Waals surface area contributed by atoms with Crippen LogP contribution in [0.1, 0.15) is 33.6 Å². The van der Waals surface area contributed by atoms with Crippen molar-refractivity contribution in [2.45, 2.75) is 50.6 Å². The molecule has 1 rings (SSSR count). The highest BCUT2D eigenvalue weighted by Gasteiger charge is 2.34. The van der Waals surface area contributed by atoms with E-state index in [9.17, 15) is 5.11 Å². The Morgan fingerprint density at radius 3 is 2.77 bits per heavy atom. The molecule has 1 aliphatic heterocycles. The van der Waals surface area contributed by atoms with Gasteiger partial charge in [0.15, 0.2) is 0 Å². The van der Waals surface area contributed by atoms with Gasteiger partial charge in [0.05, 0.1) is 11.0 Å². The first kappa shape index (κ1) is 11.3. The van der Waals surface area contributed by atoms with Gasteiger partial charge < -0.3 is 5.11 Å². The third-order valence-electron chi connectivity index (χ3n) is 3.00. The van der Waals surface area contributed by atoms with Crippen LogP contribution >= 0.6 is 11.8 Å². The quantitative estimate of drug-likeness (QED) is 0.742. The van der Waals surface area contributed by atoms with E-state index in [2.05, 4.69) is 25.0 Å². The lowest BCUT2D eigenvalue weighted by Gasteiger charge is -2.44. The van der Waals surface area contributed by atoms with Crippen molar-refractivity contribution in [2.24, 2.45) is 0 Å².